The molecule has 2 unspecified atom stereocenters. The first kappa shape index (κ1) is 26.7. The Morgan fingerprint density at radius 3 is 2.63 bits per heavy atom. The van der Waals surface area contributed by atoms with Crippen LogP contribution in [0.5, 0.6) is 5.75 Å². The summed E-state index contributed by atoms with van der Waals surface area (Å²) >= 11 is 0. The van der Waals surface area contributed by atoms with Crippen LogP contribution in [0.3, 0.4) is 0 Å². The monoisotopic (exact) mass is 561 g/mol. The molecule has 0 saturated carbocycles. The molecule has 1 aromatic heterocycles. The van der Waals surface area contributed by atoms with Gasteiger partial charge in [0.25, 0.3) is 5.56 Å². The molecular formula is C23H31FN3O10P. The van der Waals surface area contributed by atoms with Crippen LogP contribution in [0.25, 0.3) is 0 Å². The average Bonchev–Trinajstić information content (AvgIpc) is 3.09. The summed E-state index contributed by atoms with van der Waals surface area (Å²) in [5.74, 6) is -1.44. The van der Waals surface area contributed by atoms with Crippen LogP contribution in [-0.2, 0) is 23.4 Å². The number of benzene rings is 1. The quantitative estimate of drug-likeness (QED) is 0.228. The van der Waals surface area contributed by atoms with E-state index in [1.807, 2.05) is 18.8 Å². The van der Waals surface area contributed by atoms with E-state index < -0.39 is 79.7 Å². The molecule has 2 heterocycles. The normalized spacial score (nSPS) is 26.4. The summed E-state index contributed by atoms with van der Waals surface area (Å²) in [5, 5.41) is 24.1. The molecule has 13 nitrogen and oxygen atoms in total. The SMILES string of the molecule is [2H]c1c([2H])n([C@@H]2O[C@H](COP(=O)(NC(C)C(=O)OCC(C)C)Oc3ccc(F)cc3)[C@@H](O)[C@@]2(C)O)c(=O)[nH]c1=O. The van der Waals surface area contributed by atoms with E-state index in [-0.39, 0.29) is 18.3 Å². The number of carbonyl (C=O) groups is 1. The number of ether oxygens (including phenoxy) is 2. The van der Waals surface area contributed by atoms with Gasteiger partial charge in [0.15, 0.2) is 6.23 Å². The molecule has 1 fully saturated rings. The number of H-pyrrole nitrogens is 1. The van der Waals surface area contributed by atoms with Gasteiger partial charge in [0.1, 0.15) is 35.4 Å². The van der Waals surface area contributed by atoms with Gasteiger partial charge in [-0.1, -0.05) is 13.8 Å². The highest BCUT2D eigenvalue weighted by atomic mass is 31.2. The smallest absolute Gasteiger partial charge is 0.459 e. The van der Waals surface area contributed by atoms with E-state index in [9.17, 15) is 33.6 Å². The summed E-state index contributed by atoms with van der Waals surface area (Å²) < 4.78 is 64.7. The van der Waals surface area contributed by atoms with Crippen LogP contribution in [0.1, 0.15) is 36.7 Å². The minimum Gasteiger partial charge on any atom is -0.464 e. The predicted molar refractivity (Wildman–Crippen MR) is 131 cm³/mol. The molecule has 6 atom stereocenters. The standard InChI is InChI=1S/C23H31FN3O10P/c1-13(2)11-34-20(30)14(3)26-38(33,37-16-7-5-15(24)6-8-16)35-12-17-19(29)23(4,32)21(36-17)27-10-9-18(28)25-22(27)31/h5-10,13-14,17,19,21,29,32H,11-12H2,1-4H3,(H,26,33)(H,25,28,31)/t14?,17-,19-,21-,23-,38?/m1/s1/i9D,10D. The van der Waals surface area contributed by atoms with E-state index in [2.05, 4.69) is 5.09 Å². The molecule has 0 radical (unpaired) electrons. The van der Waals surface area contributed by atoms with Crippen LogP contribution in [0.2, 0.25) is 0 Å². The Hall–Kier alpha value is -2.87. The van der Waals surface area contributed by atoms with Crippen molar-refractivity contribution in [3.05, 3.63) is 63.1 Å². The molecule has 0 amide bonds. The molecule has 0 bridgehead atoms. The second-order valence-electron chi connectivity index (χ2n) is 9.28. The lowest BCUT2D eigenvalue weighted by molar-refractivity contribution is -0.146. The van der Waals surface area contributed by atoms with Crippen LogP contribution in [0.4, 0.5) is 4.39 Å². The minimum absolute atomic E-state index is 0.0294. The predicted octanol–water partition coefficient (Wildman–Crippen LogP) is 1.07. The number of carbonyl (C=O) groups excluding carboxylic acids is 1. The van der Waals surface area contributed by atoms with Gasteiger partial charge in [-0.3, -0.25) is 23.7 Å². The van der Waals surface area contributed by atoms with Gasteiger partial charge in [0.05, 0.1) is 16.0 Å². The molecule has 4 N–H and O–H groups in total. The Kier molecular flexibility index (Phi) is 8.36. The van der Waals surface area contributed by atoms with Crippen LogP contribution in [0.15, 0.2) is 46.1 Å². The lowest BCUT2D eigenvalue weighted by atomic mass is 9.96. The largest absolute Gasteiger partial charge is 0.464 e. The Morgan fingerprint density at radius 2 is 2.00 bits per heavy atom. The zero-order valence-electron chi connectivity index (χ0n) is 23.0. The van der Waals surface area contributed by atoms with E-state index >= 15 is 0 Å². The molecule has 38 heavy (non-hydrogen) atoms. The third-order valence-electron chi connectivity index (χ3n) is 5.43. The highest BCUT2D eigenvalue weighted by molar-refractivity contribution is 7.52. The summed E-state index contributed by atoms with van der Waals surface area (Å²) in [6.45, 7) is 5.42. The van der Waals surface area contributed by atoms with E-state index in [1.165, 1.54) is 6.92 Å². The van der Waals surface area contributed by atoms with Gasteiger partial charge in [-0.2, -0.15) is 5.09 Å². The maximum absolute atomic E-state index is 13.7. The van der Waals surface area contributed by atoms with Crippen molar-refractivity contribution in [2.24, 2.45) is 5.92 Å². The highest BCUT2D eigenvalue weighted by Gasteiger charge is 2.54. The van der Waals surface area contributed by atoms with Crippen molar-refractivity contribution in [2.45, 2.75) is 57.8 Å². The third kappa shape index (κ3) is 7.16. The second kappa shape index (κ2) is 11.9. The topological polar surface area (TPSA) is 178 Å². The van der Waals surface area contributed by atoms with Crippen LogP contribution >= 0.6 is 7.75 Å². The zero-order chi connectivity index (χ0) is 30.0. The number of aliphatic hydroxyl groups is 2. The van der Waals surface area contributed by atoms with Crippen molar-refractivity contribution in [2.75, 3.05) is 13.2 Å². The van der Waals surface area contributed by atoms with Gasteiger partial charge >= 0.3 is 19.4 Å². The Balaban J connectivity index is 1.84. The molecular weight excluding hydrogens is 528 g/mol. The zero-order valence-corrected chi connectivity index (χ0v) is 21.9. The molecule has 1 saturated heterocycles. The number of esters is 1. The average molecular weight is 561 g/mol. The molecule has 1 aliphatic rings. The first-order valence-corrected chi connectivity index (χ1v) is 13.1. The Labute approximate surface area is 219 Å². The number of nitrogens with one attached hydrogen (secondary N) is 2. The van der Waals surface area contributed by atoms with Crippen molar-refractivity contribution in [1.82, 2.24) is 14.6 Å². The number of hydrogen-bond acceptors (Lipinski definition) is 10. The van der Waals surface area contributed by atoms with Crippen LogP contribution < -0.4 is 20.9 Å². The fraction of sp³-hybridized carbons (Fsp3) is 0.522. The molecule has 210 valence electrons. The number of aliphatic hydroxyl groups excluding tert-OH is 1. The molecule has 2 aromatic rings. The van der Waals surface area contributed by atoms with Crippen molar-refractivity contribution in [3.63, 3.8) is 0 Å². The van der Waals surface area contributed by atoms with Gasteiger partial charge in [0, 0.05) is 12.2 Å². The van der Waals surface area contributed by atoms with Crippen LogP contribution in [-0.4, -0.2) is 62.8 Å². The molecule has 1 aromatic carbocycles. The number of aromatic amines is 1. The van der Waals surface area contributed by atoms with E-state index in [4.69, 9.17) is 21.3 Å². The van der Waals surface area contributed by atoms with Gasteiger partial charge < -0.3 is 24.2 Å². The van der Waals surface area contributed by atoms with E-state index in [0.29, 0.717) is 4.57 Å². The van der Waals surface area contributed by atoms with Crippen molar-refractivity contribution in [3.8, 4) is 5.75 Å². The van der Waals surface area contributed by atoms with Gasteiger partial charge in [-0.25, -0.2) is 13.8 Å². The molecule has 1 aliphatic heterocycles. The molecule has 15 heteroatoms. The summed E-state index contributed by atoms with van der Waals surface area (Å²) in [4.78, 5) is 38.2. The molecule has 0 aliphatic carbocycles. The number of hydrogen-bond donors (Lipinski definition) is 4. The summed E-state index contributed by atoms with van der Waals surface area (Å²) in [7, 11) is -4.49. The Morgan fingerprint density at radius 1 is 1.34 bits per heavy atom. The Bertz CT molecular complexity index is 1380. The maximum atomic E-state index is 13.7. The second-order valence-corrected chi connectivity index (χ2v) is 11.0. The fourth-order valence-corrected chi connectivity index (χ4v) is 4.93. The van der Waals surface area contributed by atoms with Gasteiger partial charge in [0.2, 0.25) is 0 Å². The van der Waals surface area contributed by atoms with Crippen molar-refractivity contribution >= 4 is 13.7 Å². The lowest BCUT2D eigenvalue weighted by Crippen LogP contribution is -2.47. The van der Waals surface area contributed by atoms with E-state index in [1.54, 1.807) is 0 Å². The third-order valence-corrected chi connectivity index (χ3v) is 7.07. The summed E-state index contributed by atoms with van der Waals surface area (Å²) in [6, 6.07) is 2.30. The highest BCUT2D eigenvalue weighted by Crippen LogP contribution is 2.47. The first-order valence-electron chi connectivity index (χ1n) is 12.6. The molecule has 0 spiro atoms. The first-order chi connectivity index (χ1) is 18.6. The fourth-order valence-electron chi connectivity index (χ4n) is 3.43. The van der Waals surface area contributed by atoms with Gasteiger partial charge in [-0.05, 0) is 44.0 Å². The van der Waals surface area contributed by atoms with Crippen molar-refractivity contribution in [1.29, 1.82) is 0 Å². The number of aromatic nitrogens is 2. The van der Waals surface area contributed by atoms with Gasteiger partial charge in [-0.15, -0.1) is 0 Å². The number of halogens is 1. The summed E-state index contributed by atoms with van der Waals surface area (Å²) in [6.07, 6.45) is -5.92. The van der Waals surface area contributed by atoms with E-state index in [0.717, 1.165) is 31.2 Å². The lowest BCUT2D eigenvalue weighted by Gasteiger charge is -2.27. The molecule has 3 rings (SSSR count). The number of nitrogens with zero attached hydrogens (tertiary/aromatic N) is 1. The summed E-state index contributed by atoms with van der Waals surface area (Å²) in [5.41, 5.74) is -4.55. The van der Waals surface area contributed by atoms with Crippen molar-refractivity contribution < 1.29 is 45.2 Å². The number of rotatable bonds is 11. The maximum Gasteiger partial charge on any atom is 0.459 e. The van der Waals surface area contributed by atoms with Crippen LogP contribution in [0, 0.1) is 11.7 Å². The minimum atomic E-state index is -4.49.